The summed E-state index contributed by atoms with van der Waals surface area (Å²) < 4.78 is 0. The minimum absolute atomic E-state index is 0.293. The highest BCUT2D eigenvalue weighted by molar-refractivity contribution is 5.31. The van der Waals surface area contributed by atoms with E-state index >= 15 is 0 Å². The molecule has 1 aliphatic rings. The third-order valence-electron chi connectivity index (χ3n) is 3.82. The largest absolute Gasteiger partial charge is 0.396 e. The number of hydrogen-bond acceptors (Lipinski definition) is 2. The zero-order valence-electron chi connectivity index (χ0n) is 10.7. The molecule has 0 atom stereocenters. The molecule has 1 aromatic rings. The van der Waals surface area contributed by atoms with Gasteiger partial charge >= 0.3 is 0 Å². The van der Waals surface area contributed by atoms with E-state index in [1.54, 1.807) is 0 Å². The quantitative estimate of drug-likeness (QED) is 0.863. The molecule has 1 fully saturated rings. The Bertz CT molecular complexity index is 343. The summed E-state index contributed by atoms with van der Waals surface area (Å²) in [5.74, 6) is 0.723. The van der Waals surface area contributed by atoms with Crippen molar-refractivity contribution in [3.63, 3.8) is 0 Å². The highest BCUT2D eigenvalue weighted by atomic mass is 16.2. The number of aliphatic hydroxyl groups excluding tert-OH is 1. The Balaban J connectivity index is 2.08. The third-order valence-corrected chi connectivity index (χ3v) is 3.82. The zero-order valence-corrected chi connectivity index (χ0v) is 10.7. The van der Waals surface area contributed by atoms with Crippen LogP contribution < -0.4 is 0 Å². The van der Waals surface area contributed by atoms with Gasteiger partial charge in [0.2, 0.25) is 0 Å². The van der Waals surface area contributed by atoms with Gasteiger partial charge in [-0.05, 0) is 62.9 Å². The minimum atomic E-state index is 0.293. The predicted molar refractivity (Wildman–Crippen MR) is 71.3 cm³/mol. The lowest BCUT2D eigenvalue weighted by Gasteiger charge is -2.30. The molecule has 0 spiro atoms. The molecule has 0 amide bonds. The smallest absolute Gasteiger partial charge is 0.0434 e. The van der Waals surface area contributed by atoms with Crippen molar-refractivity contribution >= 4 is 0 Å². The van der Waals surface area contributed by atoms with Crippen LogP contribution in [0.15, 0.2) is 24.3 Å². The van der Waals surface area contributed by atoms with Crippen LogP contribution in [0.1, 0.15) is 36.3 Å². The number of rotatable bonds is 4. The van der Waals surface area contributed by atoms with Gasteiger partial charge in [-0.3, -0.25) is 0 Å². The maximum Gasteiger partial charge on any atom is 0.0434 e. The topological polar surface area (TPSA) is 23.5 Å². The van der Waals surface area contributed by atoms with Crippen LogP contribution in [0.5, 0.6) is 0 Å². The molecule has 2 nitrogen and oxygen atoms in total. The standard InChI is InChI=1S/C15H23NO/c1-16-10-8-14(9-11-16)15-7-3-2-5-13(15)6-4-12-17/h2-3,5,7,14,17H,4,6,8-12H2,1H3. The molecular weight excluding hydrogens is 210 g/mol. The second-order valence-electron chi connectivity index (χ2n) is 5.10. The normalized spacial score (nSPS) is 18.5. The van der Waals surface area contributed by atoms with E-state index in [0.717, 1.165) is 18.8 Å². The van der Waals surface area contributed by atoms with Gasteiger partial charge in [0.1, 0.15) is 0 Å². The second-order valence-corrected chi connectivity index (χ2v) is 5.10. The van der Waals surface area contributed by atoms with Gasteiger partial charge in [0, 0.05) is 6.61 Å². The fourth-order valence-electron chi connectivity index (χ4n) is 2.75. The SMILES string of the molecule is CN1CCC(c2ccccc2CCCO)CC1. The van der Waals surface area contributed by atoms with Gasteiger partial charge in [0.25, 0.3) is 0 Å². The van der Waals surface area contributed by atoms with Crippen LogP contribution in [0.4, 0.5) is 0 Å². The van der Waals surface area contributed by atoms with E-state index in [4.69, 9.17) is 5.11 Å². The molecule has 17 heavy (non-hydrogen) atoms. The summed E-state index contributed by atoms with van der Waals surface area (Å²) in [6.07, 6.45) is 4.43. The molecule has 1 N–H and O–H groups in total. The molecule has 1 heterocycles. The summed E-state index contributed by atoms with van der Waals surface area (Å²) >= 11 is 0. The molecule has 0 radical (unpaired) electrons. The molecule has 0 aromatic heterocycles. The van der Waals surface area contributed by atoms with Crippen LogP contribution in [0, 0.1) is 0 Å². The van der Waals surface area contributed by atoms with Crippen LogP contribution in [0.2, 0.25) is 0 Å². The van der Waals surface area contributed by atoms with E-state index in [0.29, 0.717) is 6.61 Å². The Morgan fingerprint density at radius 2 is 1.94 bits per heavy atom. The molecule has 1 aromatic carbocycles. The lowest BCUT2D eigenvalue weighted by molar-refractivity contribution is 0.254. The van der Waals surface area contributed by atoms with Crippen molar-refractivity contribution in [1.29, 1.82) is 0 Å². The van der Waals surface area contributed by atoms with E-state index in [9.17, 15) is 0 Å². The summed E-state index contributed by atoms with van der Waals surface area (Å²) in [4.78, 5) is 2.41. The molecule has 94 valence electrons. The maximum atomic E-state index is 8.96. The van der Waals surface area contributed by atoms with Crippen molar-refractivity contribution in [1.82, 2.24) is 4.90 Å². The molecule has 0 bridgehead atoms. The highest BCUT2D eigenvalue weighted by Crippen LogP contribution is 2.30. The molecule has 1 saturated heterocycles. The molecule has 2 rings (SSSR count). The Morgan fingerprint density at radius 3 is 2.65 bits per heavy atom. The number of likely N-dealkylation sites (tertiary alicyclic amines) is 1. The van der Waals surface area contributed by atoms with Gasteiger partial charge in [0.05, 0.1) is 0 Å². The van der Waals surface area contributed by atoms with Crippen molar-refractivity contribution < 1.29 is 5.11 Å². The zero-order chi connectivity index (χ0) is 12.1. The number of benzene rings is 1. The van der Waals surface area contributed by atoms with E-state index in [1.165, 1.54) is 37.1 Å². The molecule has 0 aliphatic carbocycles. The fourth-order valence-corrected chi connectivity index (χ4v) is 2.75. The Morgan fingerprint density at radius 1 is 1.24 bits per heavy atom. The third kappa shape index (κ3) is 3.30. The number of aryl methyl sites for hydroxylation is 1. The second kappa shape index (κ2) is 6.18. The van der Waals surface area contributed by atoms with E-state index in [1.807, 2.05) is 0 Å². The molecule has 2 heteroatoms. The van der Waals surface area contributed by atoms with Crippen molar-refractivity contribution in [3.05, 3.63) is 35.4 Å². The summed E-state index contributed by atoms with van der Waals surface area (Å²) in [6.45, 7) is 2.71. The van der Waals surface area contributed by atoms with Gasteiger partial charge in [-0.2, -0.15) is 0 Å². The van der Waals surface area contributed by atoms with E-state index in [2.05, 4.69) is 36.2 Å². The first-order valence-electron chi connectivity index (χ1n) is 6.68. The van der Waals surface area contributed by atoms with E-state index in [-0.39, 0.29) is 0 Å². The lowest BCUT2D eigenvalue weighted by atomic mass is 9.85. The van der Waals surface area contributed by atoms with Gasteiger partial charge in [-0.1, -0.05) is 24.3 Å². The van der Waals surface area contributed by atoms with Gasteiger partial charge in [-0.25, -0.2) is 0 Å². The maximum absolute atomic E-state index is 8.96. The van der Waals surface area contributed by atoms with Crippen molar-refractivity contribution in [2.24, 2.45) is 0 Å². The number of hydrogen-bond donors (Lipinski definition) is 1. The molecule has 0 saturated carbocycles. The Kier molecular flexibility index (Phi) is 4.57. The van der Waals surface area contributed by atoms with Gasteiger partial charge < -0.3 is 10.0 Å². The first-order valence-corrected chi connectivity index (χ1v) is 6.68. The monoisotopic (exact) mass is 233 g/mol. The number of aliphatic hydroxyl groups is 1. The summed E-state index contributed by atoms with van der Waals surface area (Å²) in [5.41, 5.74) is 2.96. The molecule has 1 aliphatic heterocycles. The van der Waals surface area contributed by atoms with E-state index < -0.39 is 0 Å². The van der Waals surface area contributed by atoms with Crippen molar-refractivity contribution in [2.75, 3.05) is 26.7 Å². The average molecular weight is 233 g/mol. The highest BCUT2D eigenvalue weighted by Gasteiger charge is 2.20. The number of piperidine rings is 1. The van der Waals surface area contributed by atoms with Crippen LogP contribution in [-0.4, -0.2) is 36.8 Å². The Labute approximate surface area is 104 Å². The van der Waals surface area contributed by atoms with Gasteiger partial charge in [-0.15, -0.1) is 0 Å². The molecular formula is C15H23NO. The first-order chi connectivity index (χ1) is 8.31. The van der Waals surface area contributed by atoms with Crippen LogP contribution in [0.25, 0.3) is 0 Å². The predicted octanol–water partition coefficient (Wildman–Crippen LogP) is 2.42. The summed E-state index contributed by atoms with van der Waals surface area (Å²) in [7, 11) is 2.20. The van der Waals surface area contributed by atoms with Crippen LogP contribution in [-0.2, 0) is 6.42 Å². The fraction of sp³-hybridized carbons (Fsp3) is 0.600. The average Bonchev–Trinajstić information content (AvgIpc) is 2.38. The molecule has 0 unspecified atom stereocenters. The number of nitrogens with zero attached hydrogens (tertiary/aromatic N) is 1. The van der Waals surface area contributed by atoms with Gasteiger partial charge in [0.15, 0.2) is 0 Å². The van der Waals surface area contributed by atoms with Crippen LogP contribution >= 0.6 is 0 Å². The first kappa shape index (κ1) is 12.6. The summed E-state index contributed by atoms with van der Waals surface area (Å²) in [5, 5.41) is 8.96. The Hall–Kier alpha value is -0.860. The van der Waals surface area contributed by atoms with Crippen molar-refractivity contribution in [3.8, 4) is 0 Å². The summed E-state index contributed by atoms with van der Waals surface area (Å²) in [6, 6.07) is 8.77. The minimum Gasteiger partial charge on any atom is -0.396 e. The lowest BCUT2D eigenvalue weighted by Crippen LogP contribution is -2.29. The van der Waals surface area contributed by atoms with Crippen LogP contribution in [0.3, 0.4) is 0 Å². The van der Waals surface area contributed by atoms with Crippen molar-refractivity contribution in [2.45, 2.75) is 31.6 Å².